The summed E-state index contributed by atoms with van der Waals surface area (Å²) in [7, 11) is 0. The molecule has 1 aromatic heterocycles. The van der Waals surface area contributed by atoms with Crippen molar-refractivity contribution >= 4 is 17.8 Å². The van der Waals surface area contributed by atoms with Crippen LogP contribution in [0.5, 0.6) is 0 Å². The van der Waals surface area contributed by atoms with Crippen LogP contribution in [-0.2, 0) is 9.53 Å². The van der Waals surface area contributed by atoms with Gasteiger partial charge in [-0.15, -0.1) is 11.3 Å². The normalized spacial score (nSPS) is 19.2. The van der Waals surface area contributed by atoms with E-state index in [0.29, 0.717) is 24.9 Å². The fraction of sp³-hybridized carbons (Fsp3) is 0.636. The second kappa shape index (κ2) is 5.96. The van der Waals surface area contributed by atoms with Gasteiger partial charge >= 0.3 is 0 Å². The first-order valence-electron chi connectivity index (χ1n) is 5.56. The number of hydrogen-bond donors (Lipinski definition) is 1. The van der Waals surface area contributed by atoms with Crippen molar-refractivity contribution in [1.82, 2.24) is 10.3 Å². The first-order valence-corrected chi connectivity index (χ1v) is 6.44. The molecule has 1 saturated heterocycles. The van der Waals surface area contributed by atoms with E-state index < -0.39 is 0 Å². The summed E-state index contributed by atoms with van der Waals surface area (Å²) in [6, 6.07) is 0. The van der Waals surface area contributed by atoms with Crippen LogP contribution in [0.2, 0.25) is 0 Å². The largest absolute Gasteiger partial charge is 0.467 e. The van der Waals surface area contributed by atoms with Gasteiger partial charge in [0.1, 0.15) is 0 Å². The van der Waals surface area contributed by atoms with E-state index >= 15 is 0 Å². The summed E-state index contributed by atoms with van der Waals surface area (Å²) < 4.78 is 4.95. The maximum absolute atomic E-state index is 10.3. The van der Waals surface area contributed by atoms with Crippen molar-refractivity contribution in [2.45, 2.75) is 18.8 Å². The van der Waals surface area contributed by atoms with Gasteiger partial charge in [0.2, 0.25) is 0 Å². The van der Waals surface area contributed by atoms with Crippen molar-refractivity contribution in [3.63, 3.8) is 0 Å². The number of nitrogens with zero attached hydrogens (tertiary/aromatic N) is 1. The molecular weight excluding hydrogens is 224 g/mol. The van der Waals surface area contributed by atoms with Gasteiger partial charge in [-0.1, -0.05) is 0 Å². The summed E-state index contributed by atoms with van der Waals surface area (Å²) in [5.74, 6) is 0.918. The minimum absolute atomic E-state index is 0.319. The number of rotatable bonds is 5. The predicted molar refractivity (Wildman–Crippen MR) is 62.5 cm³/mol. The molecule has 2 rings (SSSR count). The van der Waals surface area contributed by atoms with Crippen LogP contribution in [0.3, 0.4) is 0 Å². The smallest absolute Gasteiger partial charge is 0.293 e. The number of thiazole rings is 1. The van der Waals surface area contributed by atoms with Crippen LogP contribution in [0.4, 0.5) is 0 Å². The highest BCUT2D eigenvalue weighted by atomic mass is 32.1. The third kappa shape index (κ3) is 2.80. The third-order valence-corrected chi connectivity index (χ3v) is 4.02. The molecule has 0 aliphatic carbocycles. The Balaban J connectivity index is 2.03. The monoisotopic (exact) mass is 240 g/mol. The first kappa shape index (κ1) is 11.5. The van der Waals surface area contributed by atoms with Crippen LogP contribution < -0.4 is 5.32 Å². The van der Waals surface area contributed by atoms with Crippen LogP contribution in [-0.4, -0.2) is 31.2 Å². The molecule has 0 spiro atoms. The number of aromatic nitrogens is 1. The van der Waals surface area contributed by atoms with Gasteiger partial charge in [-0.25, -0.2) is 0 Å². The summed E-state index contributed by atoms with van der Waals surface area (Å²) in [6.07, 6.45) is 4.18. The number of nitrogens with one attached hydrogen (secondary N) is 1. The van der Waals surface area contributed by atoms with E-state index in [1.54, 1.807) is 11.3 Å². The molecule has 0 radical (unpaired) electrons. The molecule has 2 heterocycles. The Morgan fingerprint density at radius 3 is 3.06 bits per heavy atom. The Hall–Kier alpha value is -0.940. The van der Waals surface area contributed by atoms with Gasteiger partial charge < -0.3 is 10.1 Å². The van der Waals surface area contributed by atoms with Crippen LogP contribution in [0.1, 0.15) is 23.6 Å². The second-order valence-corrected chi connectivity index (χ2v) is 4.95. The standard InChI is InChI=1S/C11H16N2O2S/c14-8-15-6-10(11-5-13-7-16-11)9-1-3-12-4-2-9/h5,7-10,12H,1-4,6H2. The maximum Gasteiger partial charge on any atom is 0.293 e. The molecule has 0 bridgehead atoms. The topological polar surface area (TPSA) is 51.2 Å². The minimum Gasteiger partial charge on any atom is -0.467 e. The van der Waals surface area contributed by atoms with E-state index in [1.165, 1.54) is 4.88 Å². The van der Waals surface area contributed by atoms with Gasteiger partial charge in [-0.3, -0.25) is 9.78 Å². The Bertz CT molecular complexity index is 310. The Labute approximate surface area is 99.0 Å². The van der Waals surface area contributed by atoms with Gasteiger partial charge in [0.15, 0.2) is 0 Å². The van der Waals surface area contributed by atoms with Crippen LogP contribution in [0, 0.1) is 5.92 Å². The molecular formula is C11H16N2O2S. The summed E-state index contributed by atoms with van der Waals surface area (Å²) in [4.78, 5) is 15.7. The number of hydrogen-bond acceptors (Lipinski definition) is 5. The minimum atomic E-state index is 0.319. The zero-order chi connectivity index (χ0) is 11.2. The lowest BCUT2D eigenvalue weighted by Crippen LogP contribution is -2.32. The lowest BCUT2D eigenvalue weighted by Gasteiger charge is -2.29. The predicted octanol–water partition coefficient (Wildman–Crippen LogP) is 1.40. The average molecular weight is 240 g/mol. The van der Waals surface area contributed by atoms with Crippen molar-refractivity contribution in [2.24, 2.45) is 5.92 Å². The molecule has 5 heteroatoms. The number of carbonyl (C=O) groups excluding carboxylic acids is 1. The molecule has 1 aromatic rings. The SMILES string of the molecule is O=COCC(c1cncs1)C1CCNCC1. The van der Waals surface area contributed by atoms with Crippen molar-refractivity contribution in [3.05, 3.63) is 16.6 Å². The van der Waals surface area contributed by atoms with E-state index in [2.05, 4.69) is 10.3 Å². The lowest BCUT2D eigenvalue weighted by molar-refractivity contribution is -0.129. The Morgan fingerprint density at radius 1 is 1.62 bits per heavy atom. The summed E-state index contributed by atoms with van der Waals surface area (Å²) in [6.45, 7) is 3.13. The molecule has 0 saturated carbocycles. The molecule has 1 unspecified atom stereocenters. The molecule has 1 N–H and O–H groups in total. The Morgan fingerprint density at radius 2 is 2.44 bits per heavy atom. The molecule has 4 nitrogen and oxygen atoms in total. The van der Waals surface area contributed by atoms with Gasteiger partial charge in [0.05, 0.1) is 12.1 Å². The van der Waals surface area contributed by atoms with Crippen LogP contribution in [0.25, 0.3) is 0 Å². The second-order valence-electron chi connectivity index (χ2n) is 4.03. The fourth-order valence-corrected chi connectivity index (χ4v) is 3.05. The molecule has 0 aromatic carbocycles. The molecule has 1 aliphatic rings. The third-order valence-electron chi connectivity index (χ3n) is 3.11. The molecule has 0 amide bonds. The zero-order valence-corrected chi connectivity index (χ0v) is 9.91. The maximum atomic E-state index is 10.3. The number of piperidine rings is 1. The zero-order valence-electron chi connectivity index (χ0n) is 9.09. The average Bonchev–Trinajstić information content (AvgIpc) is 2.85. The van der Waals surface area contributed by atoms with Crippen LogP contribution in [0.15, 0.2) is 11.7 Å². The number of carbonyl (C=O) groups is 1. The quantitative estimate of drug-likeness (QED) is 0.790. The molecule has 1 aliphatic heterocycles. The highest BCUT2D eigenvalue weighted by Crippen LogP contribution is 2.33. The molecule has 1 fully saturated rings. The van der Waals surface area contributed by atoms with E-state index in [0.717, 1.165) is 25.9 Å². The number of ether oxygens (including phenoxy) is 1. The van der Waals surface area contributed by atoms with E-state index in [-0.39, 0.29) is 0 Å². The highest BCUT2D eigenvalue weighted by Gasteiger charge is 2.26. The van der Waals surface area contributed by atoms with Gasteiger partial charge in [0, 0.05) is 17.0 Å². The highest BCUT2D eigenvalue weighted by molar-refractivity contribution is 7.09. The van der Waals surface area contributed by atoms with Crippen molar-refractivity contribution < 1.29 is 9.53 Å². The van der Waals surface area contributed by atoms with Crippen molar-refractivity contribution in [3.8, 4) is 0 Å². The first-order chi connectivity index (χ1) is 7.92. The fourth-order valence-electron chi connectivity index (χ4n) is 2.25. The van der Waals surface area contributed by atoms with Gasteiger partial charge in [0.25, 0.3) is 6.47 Å². The summed E-state index contributed by atoms with van der Waals surface area (Å²) in [5, 5.41) is 3.35. The van der Waals surface area contributed by atoms with E-state index in [1.807, 2.05) is 11.7 Å². The molecule has 88 valence electrons. The van der Waals surface area contributed by atoms with E-state index in [4.69, 9.17) is 4.74 Å². The van der Waals surface area contributed by atoms with Crippen molar-refractivity contribution in [1.29, 1.82) is 0 Å². The Kier molecular flexibility index (Phi) is 4.30. The van der Waals surface area contributed by atoms with E-state index in [9.17, 15) is 4.79 Å². The molecule has 1 atom stereocenters. The van der Waals surface area contributed by atoms with Crippen LogP contribution >= 0.6 is 11.3 Å². The van der Waals surface area contributed by atoms with Gasteiger partial charge in [-0.05, 0) is 31.8 Å². The molecule has 16 heavy (non-hydrogen) atoms. The summed E-state index contributed by atoms with van der Waals surface area (Å²) in [5.41, 5.74) is 1.84. The van der Waals surface area contributed by atoms with Crippen molar-refractivity contribution in [2.75, 3.05) is 19.7 Å². The summed E-state index contributed by atoms with van der Waals surface area (Å²) >= 11 is 1.65. The van der Waals surface area contributed by atoms with Gasteiger partial charge in [-0.2, -0.15) is 0 Å². The lowest BCUT2D eigenvalue weighted by atomic mass is 9.84.